The van der Waals surface area contributed by atoms with Gasteiger partial charge < -0.3 is 15.7 Å². The topological polar surface area (TPSA) is 117 Å². The summed E-state index contributed by atoms with van der Waals surface area (Å²) < 4.78 is 33.6. The molecule has 0 radical (unpaired) electrons. The van der Waals surface area contributed by atoms with Crippen molar-refractivity contribution in [2.75, 3.05) is 31.0 Å². The zero-order valence-electron chi connectivity index (χ0n) is 11.6. The van der Waals surface area contributed by atoms with Crippen LogP contribution in [0.5, 0.6) is 0 Å². The number of hydrogen-bond donors (Lipinski definition) is 3. The van der Waals surface area contributed by atoms with Crippen molar-refractivity contribution < 1.29 is 18.4 Å². The van der Waals surface area contributed by atoms with Crippen LogP contribution in [0.1, 0.15) is 11.1 Å². The molecule has 0 unspecified atom stereocenters. The van der Waals surface area contributed by atoms with Gasteiger partial charge in [0.25, 0.3) is 0 Å². The molecule has 0 bridgehead atoms. The van der Waals surface area contributed by atoms with E-state index in [9.17, 15) is 8.42 Å². The summed E-state index contributed by atoms with van der Waals surface area (Å²) in [5, 5.41) is 11.8. The van der Waals surface area contributed by atoms with E-state index in [1.165, 1.54) is 4.31 Å². The van der Waals surface area contributed by atoms with E-state index in [2.05, 4.69) is 9.88 Å². The molecule has 1 saturated heterocycles. The fourth-order valence-corrected chi connectivity index (χ4v) is 3.34. The minimum absolute atomic E-state index is 0.146. The van der Waals surface area contributed by atoms with Crippen LogP contribution in [-0.4, -0.2) is 50.1 Å². The van der Waals surface area contributed by atoms with Gasteiger partial charge in [0.05, 0.1) is 18.9 Å². The highest BCUT2D eigenvalue weighted by Crippen LogP contribution is 2.21. The average Bonchev–Trinajstić information content (AvgIpc) is 2.47. The first-order valence-electron chi connectivity index (χ1n) is 6.39. The maximum absolute atomic E-state index is 12.3. The third-order valence-corrected chi connectivity index (χ3v) is 4.71. The van der Waals surface area contributed by atoms with Crippen LogP contribution in [0.3, 0.4) is 0 Å². The standard InChI is InChI=1S/C12H18N4O4S/c1-9-3-2-4-10(11(9)12(13)14-17)15-21(18,19)16-5-7-20-8-6-16/h2-4,15,17H,5-8H2,1H3,(H2,13,14). The average molecular weight is 314 g/mol. The van der Waals surface area contributed by atoms with Crippen LogP contribution in [-0.2, 0) is 14.9 Å². The van der Waals surface area contributed by atoms with Gasteiger partial charge in [-0.15, -0.1) is 0 Å². The Morgan fingerprint density at radius 2 is 2.10 bits per heavy atom. The molecule has 0 amide bonds. The molecule has 116 valence electrons. The minimum atomic E-state index is -3.71. The number of benzene rings is 1. The molecule has 1 aromatic rings. The molecule has 1 aliphatic heterocycles. The molecular weight excluding hydrogens is 296 g/mol. The Kier molecular flexibility index (Phi) is 4.66. The third-order valence-electron chi connectivity index (χ3n) is 3.19. The van der Waals surface area contributed by atoms with E-state index >= 15 is 0 Å². The Morgan fingerprint density at radius 1 is 1.43 bits per heavy atom. The number of nitrogens with one attached hydrogen (secondary N) is 1. The molecule has 4 N–H and O–H groups in total. The smallest absolute Gasteiger partial charge is 0.301 e. The summed E-state index contributed by atoms with van der Waals surface area (Å²) in [4.78, 5) is 0. The van der Waals surface area contributed by atoms with Gasteiger partial charge in [-0.3, -0.25) is 4.72 Å². The lowest BCUT2D eigenvalue weighted by Gasteiger charge is -2.27. The Balaban J connectivity index is 2.33. The van der Waals surface area contributed by atoms with Gasteiger partial charge in [0.1, 0.15) is 0 Å². The molecular formula is C12H18N4O4S. The summed E-state index contributed by atoms with van der Waals surface area (Å²) in [5.41, 5.74) is 6.96. The van der Waals surface area contributed by atoms with Crippen molar-refractivity contribution in [2.45, 2.75) is 6.92 Å². The lowest BCUT2D eigenvalue weighted by Crippen LogP contribution is -2.43. The quantitative estimate of drug-likeness (QED) is 0.315. The Hall–Kier alpha value is -1.84. The largest absolute Gasteiger partial charge is 0.409 e. The van der Waals surface area contributed by atoms with Crippen LogP contribution in [0, 0.1) is 6.92 Å². The molecule has 1 aromatic carbocycles. The molecule has 1 heterocycles. The third kappa shape index (κ3) is 3.43. The van der Waals surface area contributed by atoms with Crippen molar-refractivity contribution in [3.8, 4) is 0 Å². The van der Waals surface area contributed by atoms with Crippen molar-refractivity contribution >= 4 is 21.7 Å². The second-order valence-corrected chi connectivity index (χ2v) is 6.27. The molecule has 0 aromatic heterocycles. The van der Waals surface area contributed by atoms with Crippen molar-refractivity contribution in [1.82, 2.24) is 4.31 Å². The number of oxime groups is 1. The van der Waals surface area contributed by atoms with E-state index in [1.54, 1.807) is 25.1 Å². The van der Waals surface area contributed by atoms with Crippen LogP contribution in [0.15, 0.2) is 23.4 Å². The van der Waals surface area contributed by atoms with Crippen molar-refractivity contribution in [3.63, 3.8) is 0 Å². The first-order valence-corrected chi connectivity index (χ1v) is 7.83. The number of ether oxygens (including phenoxy) is 1. The zero-order valence-corrected chi connectivity index (χ0v) is 12.4. The highest BCUT2D eigenvalue weighted by Gasteiger charge is 2.25. The Morgan fingerprint density at radius 3 is 2.71 bits per heavy atom. The number of nitrogens with two attached hydrogens (primary N) is 1. The Labute approximate surface area is 123 Å². The molecule has 9 heteroatoms. The Bertz CT molecular complexity index is 639. The molecule has 2 rings (SSSR count). The molecule has 0 aliphatic carbocycles. The van der Waals surface area contributed by atoms with E-state index in [1.807, 2.05) is 0 Å². The first-order chi connectivity index (χ1) is 9.95. The first kappa shape index (κ1) is 15.5. The van der Waals surface area contributed by atoms with Crippen LogP contribution in [0.2, 0.25) is 0 Å². The number of nitrogens with zero attached hydrogens (tertiary/aromatic N) is 2. The predicted octanol–water partition coefficient (Wildman–Crippen LogP) is 0.0784. The minimum Gasteiger partial charge on any atom is -0.409 e. The number of morpholine rings is 1. The summed E-state index contributed by atoms with van der Waals surface area (Å²) in [5.74, 6) is -0.146. The summed E-state index contributed by atoms with van der Waals surface area (Å²) in [7, 11) is -3.71. The molecule has 0 atom stereocenters. The van der Waals surface area contributed by atoms with Gasteiger partial charge in [-0.25, -0.2) is 0 Å². The molecule has 1 aliphatic rings. The van der Waals surface area contributed by atoms with Gasteiger partial charge >= 0.3 is 10.2 Å². The van der Waals surface area contributed by atoms with E-state index < -0.39 is 10.2 Å². The van der Waals surface area contributed by atoms with Crippen molar-refractivity contribution in [3.05, 3.63) is 29.3 Å². The lowest BCUT2D eigenvalue weighted by atomic mass is 10.1. The van der Waals surface area contributed by atoms with Crippen LogP contribution in [0.4, 0.5) is 5.69 Å². The van der Waals surface area contributed by atoms with Gasteiger partial charge in [-0.05, 0) is 18.6 Å². The van der Waals surface area contributed by atoms with Gasteiger partial charge in [0, 0.05) is 18.7 Å². The highest BCUT2D eigenvalue weighted by molar-refractivity contribution is 7.90. The molecule has 1 fully saturated rings. The van der Waals surface area contributed by atoms with Gasteiger partial charge in [-0.2, -0.15) is 12.7 Å². The number of aryl methyl sites for hydroxylation is 1. The van der Waals surface area contributed by atoms with Crippen LogP contribution >= 0.6 is 0 Å². The highest BCUT2D eigenvalue weighted by atomic mass is 32.2. The number of anilines is 1. The second-order valence-electron chi connectivity index (χ2n) is 4.60. The van der Waals surface area contributed by atoms with E-state index in [4.69, 9.17) is 15.7 Å². The van der Waals surface area contributed by atoms with Gasteiger partial charge in [0.15, 0.2) is 5.84 Å². The molecule has 8 nitrogen and oxygen atoms in total. The normalized spacial score (nSPS) is 17.7. The van der Waals surface area contributed by atoms with Crippen molar-refractivity contribution in [2.24, 2.45) is 10.9 Å². The molecule has 0 saturated carbocycles. The zero-order chi connectivity index (χ0) is 15.5. The second kappa shape index (κ2) is 6.29. The maximum atomic E-state index is 12.3. The van der Waals surface area contributed by atoms with Gasteiger partial charge in [0.2, 0.25) is 0 Å². The molecule has 21 heavy (non-hydrogen) atoms. The van der Waals surface area contributed by atoms with E-state index in [0.29, 0.717) is 37.4 Å². The number of rotatable bonds is 4. The van der Waals surface area contributed by atoms with Crippen LogP contribution in [0.25, 0.3) is 0 Å². The fourth-order valence-electron chi connectivity index (χ4n) is 2.13. The van der Waals surface area contributed by atoms with Crippen molar-refractivity contribution in [1.29, 1.82) is 0 Å². The fraction of sp³-hybridized carbons (Fsp3) is 0.417. The summed E-state index contributed by atoms with van der Waals surface area (Å²) >= 11 is 0. The number of amidine groups is 1. The summed E-state index contributed by atoms with van der Waals surface area (Å²) in [6.07, 6.45) is 0. The van der Waals surface area contributed by atoms with E-state index in [0.717, 1.165) is 0 Å². The predicted molar refractivity (Wildman–Crippen MR) is 78.6 cm³/mol. The lowest BCUT2D eigenvalue weighted by molar-refractivity contribution is 0.0733. The molecule has 0 spiro atoms. The summed E-state index contributed by atoms with van der Waals surface area (Å²) in [6.45, 7) is 3.06. The summed E-state index contributed by atoms with van der Waals surface area (Å²) in [6, 6.07) is 5.01. The number of hydrogen-bond acceptors (Lipinski definition) is 5. The monoisotopic (exact) mass is 314 g/mol. The van der Waals surface area contributed by atoms with Crippen LogP contribution < -0.4 is 10.5 Å². The van der Waals surface area contributed by atoms with Gasteiger partial charge in [-0.1, -0.05) is 17.3 Å². The SMILES string of the molecule is Cc1cccc(NS(=O)(=O)N2CCOCC2)c1/C(N)=N/O. The van der Waals surface area contributed by atoms with E-state index in [-0.39, 0.29) is 11.5 Å². The maximum Gasteiger partial charge on any atom is 0.301 e.